The highest BCUT2D eigenvalue weighted by molar-refractivity contribution is 6.05. The lowest BCUT2D eigenvalue weighted by Gasteiger charge is -2.12. The number of para-hydroxylation sites is 1. The van der Waals surface area contributed by atoms with Crippen molar-refractivity contribution in [3.05, 3.63) is 30.6 Å². The van der Waals surface area contributed by atoms with E-state index in [1.165, 1.54) is 6.33 Å². The van der Waals surface area contributed by atoms with Crippen LogP contribution in [0.2, 0.25) is 0 Å². The number of fused-ring (bicyclic) bond motifs is 3. The summed E-state index contributed by atoms with van der Waals surface area (Å²) in [4.78, 5) is 22.3. The predicted molar refractivity (Wildman–Crippen MR) is 79.0 cm³/mol. The maximum atomic E-state index is 12.0. The van der Waals surface area contributed by atoms with Gasteiger partial charge in [-0.2, -0.15) is 0 Å². The average Bonchev–Trinajstić information content (AvgIpc) is 3.03. The monoisotopic (exact) mass is 282 g/mol. The van der Waals surface area contributed by atoms with E-state index in [0.29, 0.717) is 11.4 Å². The summed E-state index contributed by atoms with van der Waals surface area (Å²) in [5.41, 5.74) is 2.13. The van der Waals surface area contributed by atoms with Crippen LogP contribution < -0.4 is 5.32 Å². The Hall–Kier alpha value is -2.63. The summed E-state index contributed by atoms with van der Waals surface area (Å²) >= 11 is 0. The Bertz CT molecular complexity index is 842. The van der Waals surface area contributed by atoms with Crippen LogP contribution in [0.1, 0.15) is 6.42 Å². The van der Waals surface area contributed by atoms with Gasteiger partial charge in [0.1, 0.15) is 23.5 Å². The van der Waals surface area contributed by atoms with Crippen molar-refractivity contribution in [2.45, 2.75) is 12.5 Å². The lowest BCUT2D eigenvalue weighted by atomic mass is 10.2. The molecule has 1 N–H and O–H groups in total. The van der Waals surface area contributed by atoms with Gasteiger partial charge in [-0.25, -0.2) is 9.97 Å². The van der Waals surface area contributed by atoms with Crippen LogP contribution in [0, 0.1) is 0 Å². The molecule has 1 aromatic carbocycles. The molecule has 1 amide bonds. The Morgan fingerprint density at radius 3 is 3.00 bits per heavy atom. The van der Waals surface area contributed by atoms with Crippen LogP contribution in [0.3, 0.4) is 0 Å². The van der Waals surface area contributed by atoms with E-state index in [-0.39, 0.29) is 11.9 Å². The van der Waals surface area contributed by atoms with Crippen LogP contribution in [-0.4, -0.2) is 40.4 Å². The van der Waals surface area contributed by atoms with E-state index in [2.05, 4.69) is 15.3 Å². The van der Waals surface area contributed by atoms with Crippen molar-refractivity contribution in [1.82, 2.24) is 14.9 Å². The molecule has 21 heavy (non-hydrogen) atoms. The fourth-order valence-electron chi connectivity index (χ4n) is 2.75. The van der Waals surface area contributed by atoms with E-state index in [9.17, 15) is 4.79 Å². The number of nitrogens with one attached hydrogen (secondary N) is 1. The number of amides is 1. The van der Waals surface area contributed by atoms with Gasteiger partial charge in [0.15, 0.2) is 11.4 Å². The van der Waals surface area contributed by atoms with Crippen molar-refractivity contribution < 1.29 is 9.21 Å². The number of anilines is 1. The van der Waals surface area contributed by atoms with Crippen molar-refractivity contribution in [2.75, 3.05) is 18.9 Å². The van der Waals surface area contributed by atoms with Crippen molar-refractivity contribution in [2.24, 2.45) is 0 Å². The molecule has 6 nitrogen and oxygen atoms in total. The maximum Gasteiger partial charge on any atom is 0.244 e. The smallest absolute Gasteiger partial charge is 0.244 e. The Morgan fingerprint density at radius 2 is 2.19 bits per heavy atom. The summed E-state index contributed by atoms with van der Waals surface area (Å²) in [6, 6.07) is 7.48. The molecule has 1 fully saturated rings. The fourth-order valence-corrected chi connectivity index (χ4v) is 2.75. The highest BCUT2D eigenvalue weighted by atomic mass is 16.3. The first-order valence-corrected chi connectivity index (χ1v) is 6.88. The number of hydrogen-bond acceptors (Lipinski definition) is 5. The molecule has 2 aromatic heterocycles. The van der Waals surface area contributed by atoms with Crippen LogP contribution in [0.15, 0.2) is 35.0 Å². The number of likely N-dealkylation sites (N-methyl/N-ethyl adjacent to an activating group) is 1. The third kappa shape index (κ3) is 1.83. The van der Waals surface area contributed by atoms with E-state index in [0.717, 1.165) is 29.5 Å². The molecule has 1 saturated heterocycles. The quantitative estimate of drug-likeness (QED) is 0.778. The normalized spacial score (nSPS) is 18.8. The van der Waals surface area contributed by atoms with Crippen molar-refractivity contribution >= 4 is 33.8 Å². The van der Waals surface area contributed by atoms with E-state index < -0.39 is 0 Å². The maximum absolute atomic E-state index is 12.0. The second kappa shape index (κ2) is 4.44. The molecular formula is C15H14N4O2. The van der Waals surface area contributed by atoms with Gasteiger partial charge in [-0.05, 0) is 18.6 Å². The number of carbonyl (C=O) groups is 1. The standard InChI is InChI=1S/C15H14N4O2/c1-19-7-6-10(15(19)20)18-14-13-12(16-8-17-14)9-4-2-3-5-11(9)21-13/h2-5,8,10H,6-7H2,1H3,(H,16,17,18). The SMILES string of the molecule is CN1CCC(Nc2ncnc3c2oc2ccccc23)C1=O. The third-order valence-electron chi connectivity index (χ3n) is 3.90. The lowest BCUT2D eigenvalue weighted by molar-refractivity contribution is -0.127. The highest BCUT2D eigenvalue weighted by Crippen LogP contribution is 2.31. The van der Waals surface area contributed by atoms with E-state index >= 15 is 0 Å². The molecule has 0 aliphatic carbocycles. The highest BCUT2D eigenvalue weighted by Gasteiger charge is 2.30. The third-order valence-corrected chi connectivity index (χ3v) is 3.90. The first-order valence-electron chi connectivity index (χ1n) is 6.88. The Balaban J connectivity index is 1.80. The Kier molecular flexibility index (Phi) is 2.57. The number of nitrogens with zero attached hydrogens (tertiary/aromatic N) is 3. The van der Waals surface area contributed by atoms with Gasteiger partial charge in [-0.1, -0.05) is 12.1 Å². The number of rotatable bonds is 2. The van der Waals surface area contributed by atoms with Gasteiger partial charge in [0, 0.05) is 19.0 Å². The molecule has 4 rings (SSSR count). The molecular weight excluding hydrogens is 268 g/mol. The number of aromatic nitrogens is 2. The summed E-state index contributed by atoms with van der Waals surface area (Å²) in [7, 11) is 1.81. The number of carbonyl (C=O) groups excluding carboxylic acids is 1. The number of furan rings is 1. The first kappa shape index (κ1) is 12.1. The molecule has 0 radical (unpaired) electrons. The minimum atomic E-state index is -0.249. The molecule has 0 spiro atoms. The summed E-state index contributed by atoms with van der Waals surface area (Å²) in [5.74, 6) is 0.655. The van der Waals surface area contributed by atoms with Crippen LogP contribution in [-0.2, 0) is 4.79 Å². The minimum Gasteiger partial charge on any atom is -0.450 e. The Labute approximate surface area is 120 Å². The largest absolute Gasteiger partial charge is 0.450 e. The van der Waals surface area contributed by atoms with Gasteiger partial charge in [0.25, 0.3) is 0 Å². The molecule has 3 heterocycles. The number of benzene rings is 1. The second-order valence-corrected chi connectivity index (χ2v) is 5.24. The summed E-state index contributed by atoms with van der Waals surface area (Å²) in [5, 5.41) is 4.14. The molecule has 0 bridgehead atoms. The number of likely N-dealkylation sites (tertiary alicyclic amines) is 1. The molecule has 1 aliphatic rings. The van der Waals surface area contributed by atoms with Crippen molar-refractivity contribution in [3.63, 3.8) is 0 Å². The molecule has 1 atom stereocenters. The molecule has 1 aliphatic heterocycles. The first-order chi connectivity index (χ1) is 10.2. The van der Waals surface area contributed by atoms with Crippen molar-refractivity contribution in [1.29, 1.82) is 0 Å². The zero-order valence-electron chi connectivity index (χ0n) is 11.5. The van der Waals surface area contributed by atoms with Gasteiger partial charge in [-0.3, -0.25) is 4.79 Å². The Morgan fingerprint density at radius 1 is 1.33 bits per heavy atom. The van der Waals surface area contributed by atoms with E-state index in [4.69, 9.17) is 4.42 Å². The van der Waals surface area contributed by atoms with Gasteiger partial charge >= 0.3 is 0 Å². The molecule has 3 aromatic rings. The zero-order chi connectivity index (χ0) is 14.4. The minimum absolute atomic E-state index is 0.0814. The zero-order valence-corrected chi connectivity index (χ0v) is 11.5. The van der Waals surface area contributed by atoms with Crippen molar-refractivity contribution in [3.8, 4) is 0 Å². The second-order valence-electron chi connectivity index (χ2n) is 5.24. The van der Waals surface area contributed by atoms with E-state index in [1.54, 1.807) is 11.9 Å². The van der Waals surface area contributed by atoms with Crippen LogP contribution in [0.5, 0.6) is 0 Å². The van der Waals surface area contributed by atoms with Gasteiger partial charge in [0.05, 0.1) is 0 Å². The molecule has 6 heteroatoms. The lowest BCUT2D eigenvalue weighted by Crippen LogP contribution is -2.31. The van der Waals surface area contributed by atoms with Crippen LogP contribution in [0.25, 0.3) is 22.1 Å². The number of hydrogen-bond donors (Lipinski definition) is 1. The average molecular weight is 282 g/mol. The predicted octanol–water partition coefficient (Wildman–Crippen LogP) is 2.02. The fraction of sp³-hybridized carbons (Fsp3) is 0.267. The van der Waals surface area contributed by atoms with E-state index in [1.807, 2.05) is 24.3 Å². The summed E-state index contributed by atoms with van der Waals surface area (Å²) in [6.07, 6.45) is 2.26. The summed E-state index contributed by atoms with van der Waals surface area (Å²) < 4.78 is 5.84. The van der Waals surface area contributed by atoms with Gasteiger partial charge in [0.2, 0.25) is 5.91 Å². The van der Waals surface area contributed by atoms with Crippen LogP contribution >= 0.6 is 0 Å². The molecule has 0 saturated carbocycles. The van der Waals surface area contributed by atoms with Gasteiger partial charge in [-0.15, -0.1) is 0 Å². The molecule has 106 valence electrons. The summed E-state index contributed by atoms with van der Waals surface area (Å²) in [6.45, 7) is 0.755. The van der Waals surface area contributed by atoms with Gasteiger partial charge < -0.3 is 14.6 Å². The molecule has 1 unspecified atom stereocenters. The van der Waals surface area contributed by atoms with Crippen LogP contribution in [0.4, 0.5) is 5.82 Å². The topological polar surface area (TPSA) is 71.3 Å².